The zero-order valence-corrected chi connectivity index (χ0v) is 12.1. The summed E-state index contributed by atoms with van der Waals surface area (Å²) in [5, 5.41) is 0.930. The Morgan fingerprint density at radius 2 is 2.30 bits per heavy atom. The van der Waals surface area contributed by atoms with Crippen molar-refractivity contribution in [2.75, 3.05) is 18.1 Å². The maximum absolute atomic E-state index is 12.3. The summed E-state index contributed by atoms with van der Waals surface area (Å²) in [4.78, 5) is 4.38. The third-order valence-corrected chi connectivity index (χ3v) is 4.98. The first-order valence-electron chi connectivity index (χ1n) is 6.82. The maximum atomic E-state index is 12.3. The van der Waals surface area contributed by atoms with E-state index in [9.17, 15) is 4.21 Å². The van der Waals surface area contributed by atoms with Crippen molar-refractivity contribution in [2.24, 2.45) is 0 Å². The van der Waals surface area contributed by atoms with Crippen molar-refractivity contribution >= 4 is 27.4 Å². The van der Waals surface area contributed by atoms with Crippen LogP contribution in [0.1, 0.15) is 18.4 Å². The predicted molar refractivity (Wildman–Crippen MR) is 81.8 cm³/mol. The fraction of sp³-hybridized carbons (Fsp3) is 0.400. The van der Waals surface area contributed by atoms with Crippen molar-refractivity contribution in [3.63, 3.8) is 0 Å². The second-order valence-electron chi connectivity index (χ2n) is 5.10. The van der Waals surface area contributed by atoms with Crippen LogP contribution in [-0.2, 0) is 21.3 Å². The molecule has 1 aliphatic heterocycles. The van der Waals surface area contributed by atoms with Crippen molar-refractivity contribution in [3.05, 3.63) is 36.0 Å². The summed E-state index contributed by atoms with van der Waals surface area (Å²) >= 11 is 0. The Morgan fingerprint density at radius 3 is 3.10 bits per heavy atom. The number of nitrogen functional groups attached to an aromatic ring is 1. The van der Waals surface area contributed by atoms with Crippen LogP contribution in [0.4, 0.5) is 5.69 Å². The van der Waals surface area contributed by atoms with E-state index in [1.54, 1.807) is 6.20 Å². The lowest BCUT2D eigenvalue weighted by Gasteiger charge is -2.11. The summed E-state index contributed by atoms with van der Waals surface area (Å²) in [6, 6.07) is 7.61. The summed E-state index contributed by atoms with van der Waals surface area (Å²) in [7, 11) is -0.929. The van der Waals surface area contributed by atoms with Crippen LogP contribution < -0.4 is 5.73 Å². The Hall–Kier alpha value is -1.46. The largest absolute Gasteiger partial charge is 0.398 e. The van der Waals surface area contributed by atoms with Gasteiger partial charge in [-0.25, -0.2) is 0 Å². The van der Waals surface area contributed by atoms with E-state index in [1.807, 2.05) is 24.3 Å². The smallest absolute Gasteiger partial charge is 0.0763 e. The quantitative estimate of drug-likeness (QED) is 0.877. The number of nitrogens with two attached hydrogens (primary N) is 1. The molecule has 0 bridgehead atoms. The molecule has 2 heterocycles. The number of nitrogens with zero attached hydrogens (tertiary/aromatic N) is 1. The molecule has 1 aliphatic rings. The number of anilines is 1. The minimum absolute atomic E-state index is 0.156. The molecule has 106 valence electrons. The van der Waals surface area contributed by atoms with E-state index in [4.69, 9.17) is 10.5 Å². The van der Waals surface area contributed by atoms with Gasteiger partial charge in [0.25, 0.3) is 0 Å². The fourth-order valence-corrected chi connectivity index (χ4v) is 3.96. The lowest BCUT2D eigenvalue weighted by atomic mass is 10.1. The molecule has 2 unspecified atom stereocenters. The minimum atomic E-state index is -0.929. The normalized spacial score (nSPS) is 20.3. The van der Waals surface area contributed by atoms with Crippen molar-refractivity contribution in [2.45, 2.75) is 24.7 Å². The third kappa shape index (κ3) is 2.83. The molecule has 3 rings (SSSR count). The third-order valence-electron chi connectivity index (χ3n) is 3.60. The van der Waals surface area contributed by atoms with Gasteiger partial charge >= 0.3 is 0 Å². The highest BCUT2D eigenvalue weighted by Crippen LogP contribution is 2.24. The molecule has 20 heavy (non-hydrogen) atoms. The van der Waals surface area contributed by atoms with Crippen LogP contribution in [0.3, 0.4) is 0 Å². The predicted octanol–water partition coefficient (Wildman–Crippen LogP) is 2.24. The summed E-state index contributed by atoms with van der Waals surface area (Å²) < 4.78 is 17.8. The van der Waals surface area contributed by atoms with Gasteiger partial charge in [-0.2, -0.15) is 0 Å². The lowest BCUT2D eigenvalue weighted by molar-refractivity contribution is 0.128. The van der Waals surface area contributed by atoms with Crippen molar-refractivity contribution in [3.8, 4) is 0 Å². The van der Waals surface area contributed by atoms with E-state index >= 15 is 0 Å². The zero-order chi connectivity index (χ0) is 13.9. The summed E-state index contributed by atoms with van der Waals surface area (Å²) in [6.07, 6.45) is 4.00. The number of rotatable bonds is 4. The topological polar surface area (TPSA) is 65.2 Å². The van der Waals surface area contributed by atoms with Crippen LogP contribution >= 0.6 is 0 Å². The zero-order valence-electron chi connectivity index (χ0n) is 11.2. The van der Waals surface area contributed by atoms with Crippen LogP contribution in [0, 0.1) is 0 Å². The lowest BCUT2D eigenvalue weighted by Crippen LogP contribution is -2.16. The molecule has 2 N–H and O–H groups in total. The van der Waals surface area contributed by atoms with Gasteiger partial charge in [-0.3, -0.25) is 9.19 Å². The Balaban J connectivity index is 1.80. The number of hydrogen-bond acceptors (Lipinski definition) is 4. The minimum Gasteiger partial charge on any atom is -0.398 e. The van der Waals surface area contributed by atoms with Crippen LogP contribution in [0.15, 0.2) is 30.5 Å². The van der Waals surface area contributed by atoms with E-state index in [0.717, 1.165) is 35.9 Å². The van der Waals surface area contributed by atoms with Gasteiger partial charge in [0, 0.05) is 34.7 Å². The molecule has 1 aromatic carbocycles. The van der Waals surface area contributed by atoms with Gasteiger partial charge in [0.15, 0.2) is 0 Å². The average molecular weight is 290 g/mol. The number of pyridine rings is 1. The highest BCUT2D eigenvalue weighted by Gasteiger charge is 2.19. The van der Waals surface area contributed by atoms with Crippen LogP contribution in [-0.4, -0.2) is 27.7 Å². The van der Waals surface area contributed by atoms with E-state index < -0.39 is 10.8 Å². The standard InChI is InChI=1S/C15H18N2O2S/c16-14-6-5-11(15-13(14)4-1-7-17-15)9-20(18)10-12-3-2-8-19-12/h1,4-7,12H,2-3,8-10,16H2. The molecule has 0 spiro atoms. The molecule has 2 aromatic rings. The van der Waals surface area contributed by atoms with Crippen LogP contribution in [0.25, 0.3) is 10.9 Å². The first kappa shape index (κ1) is 13.5. The molecule has 1 saturated heterocycles. The monoisotopic (exact) mass is 290 g/mol. The first-order chi connectivity index (χ1) is 9.74. The number of hydrogen-bond donors (Lipinski definition) is 1. The van der Waals surface area contributed by atoms with E-state index in [0.29, 0.717) is 17.2 Å². The molecule has 0 amide bonds. The Morgan fingerprint density at radius 1 is 1.40 bits per heavy atom. The molecule has 0 radical (unpaired) electrons. The molecular formula is C15H18N2O2S. The molecule has 5 heteroatoms. The molecule has 4 nitrogen and oxygen atoms in total. The summed E-state index contributed by atoms with van der Waals surface area (Å²) in [6.45, 7) is 0.800. The van der Waals surface area contributed by atoms with Gasteiger partial charge in [0.05, 0.1) is 23.1 Å². The highest BCUT2D eigenvalue weighted by molar-refractivity contribution is 7.84. The van der Waals surface area contributed by atoms with Gasteiger partial charge < -0.3 is 10.5 Å². The molecule has 2 atom stereocenters. The van der Waals surface area contributed by atoms with Crippen molar-refractivity contribution < 1.29 is 8.95 Å². The fourth-order valence-electron chi connectivity index (χ4n) is 2.59. The molecular weight excluding hydrogens is 272 g/mol. The number of benzene rings is 1. The van der Waals surface area contributed by atoms with Crippen molar-refractivity contribution in [1.82, 2.24) is 4.98 Å². The highest BCUT2D eigenvalue weighted by atomic mass is 32.2. The Bertz CT molecular complexity index is 639. The van der Waals surface area contributed by atoms with Gasteiger partial charge in [0.2, 0.25) is 0 Å². The molecule has 1 aromatic heterocycles. The molecule has 1 fully saturated rings. The molecule has 0 aliphatic carbocycles. The summed E-state index contributed by atoms with van der Waals surface area (Å²) in [5.74, 6) is 1.12. The number of aromatic nitrogens is 1. The maximum Gasteiger partial charge on any atom is 0.0763 e. The van der Waals surface area contributed by atoms with E-state index in [1.165, 1.54) is 0 Å². The van der Waals surface area contributed by atoms with Gasteiger partial charge in [-0.1, -0.05) is 6.07 Å². The average Bonchev–Trinajstić information content (AvgIpc) is 2.95. The summed E-state index contributed by atoms with van der Waals surface area (Å²) in [5.41, 5.74) is 8.51. The van der Waals surface area contributed by atoms with Gasteiger partial charge in [-0.05, 0) is 36.6 Å². The SMILES string of the molecule is Nc1ccc(CS(=O)CC2CCCO2)c2ncccc12. The van der Waals surface area contributed by atoms with Gasteiger partial charge in [-0.15, -0.1) is 0 Å². The Labute approximate surface area is 120 Å². The van der Waals surface area contributed by atoms with Crippen LogP contribution in [0.5, 0.6) is 0 Å². The first-order valence-corrected chi connectivity index (χ1v) is 8.31. The van der Waals surface area contributed by atoms with E-state index in [2.05, 4.69) is 4.98 Å². The van der Waals surface area contributed by atoms with Crippen molar-refractivity contribution in [1.29, 1.82) is 0 Å². The molecule has 0 saturated carbocycles. The number of fused-ring (bicyclic) bond motifs is 1. The van der Waals surface area contributed by atoms with Crippen LogP contribution in [0.2, 0.25) is 0 Å². The number of ether oxygens (including phenoxy) is 1. The second-order valence-corrected chi connectivity index (χ2v) is 6.60. The van der Waals surface area contributed by atoms with Gasteiger partial charge in [0.1, 0.15) is 0 Å². The Kier molecular flexibility index (Phi) is 3.98. The second kappa shape index (κ2) is 5.89. The van der Waals surface area contributed by atoms with E-state index in [-0.39, 0.29) is 6.10 Å².